The van der Waals surface area contributed by atoms with E-state index in [1.54, 1.807) is 4.90 Å². The van der Waals surface area contributed by atoms with Crippen molar-refractivity contribution in [3.8, 4) is 12.3 Å². The number of terminal acetylenes is 1. The number of aliphatic hydroxyl groups is 2. The van der Waals surface area contributed by atoms with Crippen LogP contribution in [0.3, 0.4) is 0 Å². The second kappa shape index (κ2) is 18.6. The minimum absolute atomic E-state index is 0.00443. The molecule has 0 bridgehead atoms. The number of aliphatic imine (C=N–C) groups is 1. The van der Waals surface area contributed by atoms with Crippen molar-refractivity contribution >= 4 is 23.9 Å². The van der Waals surface area contributed by atoms with Crippen molar-refractivity contribution in [1.29, 1.82) is 0 Å². The van der Waals surface area contributed by atoms with Crippen molar-refractivity contribution in [3.63, 3.8) is 0 Å². The normalized spacial score (nSPS) is 19.2. The van der Waals surface area contributed by atoms with E-state index in [-0.39, 0.29) is 24.7 Å². The van der Waals surface area contributed by atoms with Crippen molar-refractivity contribution in [3.05, 3.63) is 35.9 Å². The van der Waals surface area contributed by atoms with Gasteiger partial charge in [-0.2, -0.15) is 0 Å². The summed E-state index contributed by atoms with van der Waals surface area (Å²) in [6.07, 6.45) is 12.7. The number of benzene rings is 1. The lowest BCUT2D eigenvalue weighted by atomic mass is 9.82. The van der Waals surface area contributed by atoms with Gasteiger partial charge in [-0.15, -0.1) is 12.3 Å². The van der Waals surface area contributed by atoms with E-state index in [9.17, 15) is 24.6 Å². The molecule has 0 saturated heterocycles. The van der Waals surface area contributed by atoms with Crippen LogP contribution in [0.15, 0.2) is 35.3 Å². The Labute approximate surface area is 263 Å². The lowest BCUT2D eigenvalue weighted by Gasteiger charge is -2.33. The summed E-state index contributed by atoms with van der Waals surface area (Å²) in [6.45, 7) is 5.54. The molecule has 1 aromatic carbocycles. The molecule has 0 unspecified atom stereocenters. The zero-order chi connectivity index (χ0) is 31.9. The van der Waals surface area contributed by atoms with Gasteiger partial charge in [-0.05, 0) is 43.1 Å². The van der Waals surface area contributed by atoms with Gasteiger partial charge < -0.3 is 25.7 Å². The Bertz CT molecular complexity index is 1100. The molecule has 3 rings (SSSR count). The number of carbonyl (C=O) groups excluding carboxylic acids is 3. The van der Waals surface area contributed by atoms with E-state index in [1.807, 2.05) is 50.4 Å². The van der Waals surface area contributed by atoms with Gasteiger partial charge in [0.05, 0.1) is 24.6 Å². The Kier molecular flexibility index (Phi) is 14.9. The third-order valence-corrected chi connectivity index (χ3v) is 8.74. The van der Waals surface area contributed by atoms with Gasteiger partial charge in [0.1, 0.15) is 12.1 Å². The molecule has 1 aromatic rings. The fraction of sp³-hybridized carbons (Fsp3) is 0.657. The lowest BCUT2D eigenvalue weighted by Crippen LogP contribution is -2.56. The Hall–Kier alpha value is -3.22. The molecule has 242 valence electrons. The highest BCUT2D eigenvalue weighted by Gasteiger charge is 2.34. The highest BCUT2D eigenvalue weighted by atomic mass is 16.3. The van der Waals surface area contributed by atoms with E-state index >= 15 is 0 Å². The Morgan fingerprint density at radius 1 is 1.05 bits per heavy atom. The molecule has 1 saturated carbocycles. The third kappa shape index (κ3) is 11.7. The van der Waals surface area contributed by atoms with Crippen molar-refractivity contribution in [2.75, 3.05) is 19.6 Å². The maximum atomic E-state index is 13.7. The lowest BCUT2D eigenvalue weighted by molar-refractivity contribution is -0.137. The molecule has 0 aromatic heterocycles. The van der Waals surface area contributed by atoms with Crippen LogP contribution in [-0.4, -0.2) is 83.0 Å². The SMILES string of the molecule is C#CC[C@H](NC(=O)[C@@H](CC(=O)N1CCC=NCC1)Cc1ccccc1)C(=O)N[C@@H](CC1CCCCC1)[C@@H](O)[C@@H](O)CC(C)C. The first-order chi connectivity index (χ1) is 21.2. The number of nitrogens with one attached hydrogen (secondary N) is 2. The molecule has 1 aliphatic heterocycles. The molecule has 1 heterocycles. The smallest absolute Gasteiger partial charge is 0.243 e. The minimum Gasteiger partial charge on any atom is -0.390 e. The van der Waals surface area contributed by atoms with Crippen LogP contribution in [0.4, 0.5) is 0 Å². The fourth-order valence-electron chi connectivity index (χ4n) is 6.29. The van der Waals surface area contributed by atoms with E-state index in [0.717, 1.165) is 31.2 Å². The average molecular weight is 609 g/mol. The van der Waals surface area contributed by atoms with Crippen LogP contribution in [0.2, 0.25) is 0 Å². The van der Waals surface area contributed by atoms with E-state index in [1.165, 1.54) is 6.42 Å². The van der Waals surface area contributed by atoms with Crippen LogP contribution >= 0.6 is 0 Å². The van der Waals surface area contributed by atoms with Crippen LogP contribution in [0.25, 0.3) is 0 Å². The fourth-order valence-corrected chi connectivity index (χ4v) is 6.29. The van der Waals surface area contributed by atoms with Crippen molar-refractivity contribution < 1.29 is 24.6 Å². The Balaban J connectivity index is 1.75. The zero-order valence-corrected chi connectivity index (χ0v) is 26.5. The van der Waals surface area contributed by atoms with Crippen LogP contribution in [0, 0.1) is 30.1 Å². The molecule has 2 aliphatic rings. The van der Waals surface area contributed by atoms with E-state index in [4.69, 9.17) is 6.42 Å². The van der Waals surface area contributed by atoms with Gasteiger partial charge in [0.25, 0.3) is 0 Å². The Morgan fingerprint density at radius 2 is 1.77 bits per heavy atom. The molecule has 9 heteroatoms. The average Bonchev–Trinajstić information content (AvgIpc) is 3.30. The number of aliphatic hydroxyl groups excluding tert-OH is 2. The van der Waals surface area contributed by atoms with Gasteiger partial charge in [0, 0.05) is 32.1 Å². The molecule has 1 aliphatic carbocycles. The summed E-state index contributed by atoms with van der Waals surface area (Å²) >= 11 is 0. The largest absolute Gasteiger partial charge is 0.390 e. The number of hydrogen-bond acceptors (Lipinski definition) is 6. The molecule has 44 heavy (non-hydrogen) atoms. The third-order valence-electron chi connectivity index (χ3n) is 8.74. The maximum absolute atomic E-state index is 13.7. The summed E-state index contributed by atoms with van der Waals surface area (Å²) < 4.78 is 0. The summed E-state index contributed by atoms with van der Waals surface area (Å²) in [5.74, 6) is 1.25. The van der Waals surface area contributed by atoms with Gasteiger partial charge in [-0.1, -0.05) is 76.3 Å². The quantitative estimate of drug-likeness (QED) is 0.227. The molecule has 0 spiro atoms. The summed E-state index contributed by atoms with van der Waals surface area (Å²) in [7, 11) is 0. The van der Waals surface area contributed by atoms with E-state index in [0.29, 0.717) is 51.2 Å². The second-order valence-electron chi connectivity index (χ2n) is 12.9. The summed E-state index contributed by atoms with van der Waals surface area (Å²) in [6, 6.07) is 7.77. The molecule has 9 nitrogen and oxygen atoms in total. The predicted molar refractivity (Wildman–Crippen MR) is 173 cm³/mol. The van der Waals surface area contributed by atoms with Gasteiger partial charge in [-0.3, -0.25) is 19.4 Å². The monoisotopic (exact) mass is 608 g/mol. The Morgan fingerprint density at radius 3 is 2.45 bits per heavy atom. The van der Waals surface area contributed by atoms with E-state index < -0.39 is 42.0 Å². The maximum Gasteiger partial charge on any atom is 0.243 e. The number of rotatable bonds is 15. The van der Waals surface area contributed by atoms with E-state index in [2.05, 4.69) is 21.5 Å². The summed E-state index contributed by atoms with van der Waals surface area (Å²) in [5, 5.41) is 27.7. The molecule has 4 N–H and O–H groups in total. The summed E-state index contributed by atoms with van der Waals surface area (Å²) in [5.41, 5.74) is 0.910. The molecule has 3 amide bonds. The number of amides is 3. The topological polar surface area (TPSA) is 131 Å². The highest BCUT2D eigenvalue weighted by molar-refractivity contribution is 5.91. The second-order valence-corrected chi connectivity index (χ2v) is 12.9. The number of carbonyl (C=O) groups is 3. The van der Waals surface area contributed by atoms with Gasteiger partial charge in [-0.25, -0.2) is 0 Å². The number of nitrogens with zero attached hydrogens (tertiary/aromatic N) is 2. The first kappa shape index (κ1) is 35.3. The predicted octanol–water partition coefficient (Wildman–Crippen LogP) is 3.27. The standard InChI is InChI=1S/C35H52N4O5/c1-4-12-29(35(44)38-30(23-27-15-9-6-10-16-27)33(42)31(40)21-25(2)3)37-34(43)28(22-26-13-7-5-8-14-26)24-32(41)39-19-11-17-36-18-20-39/h1,5,7-8,13-14,17,25,27-31,33,40,42H,6,9-12,15-16,18-24H2,2-3H3,(H,37,43)(H,38,44)/t28-,29+,30+,31+,33-/m1/s1. The van der Waals surface area contributed by atoms with Crippen LogP contribution in [0.1, 0.15) is 83.6 Å². The van der Waals surface area contributed by atoms with Crippen LogP contribution in [0.5, 0.6) is 0 Å². The zero-order valence-electron chi connectivity index (χ0n) is 26.5. The van der Waals surface area contributed by atoms with Crippen LogP contribution in [-0.2, 0) is 20.8 Å². The van der Waals surface area contributed by atoms with Gasteiger partial charge in [0.15, 0.2) is 0 Å². The first-order valence-corrected chi connectivity index (χ1v) is 16.4. The van der Waals surface area contributed by atoms with Gasteiger partial charge >= 0.3 is 0 Å². The molecular weight excluding hydrogens is 556 g/mol. The molecule has 1 fully saturated rings. The van der Waals surface area contributed by atoms with Crippen molar-refractivity contribution in [1.82, 2.24) is 15.5 Å². The van der Waals surface area contributed by atoms with Crippen molar-refractivity contribution in [2.24, 2.45) is 22.7 Å². The number of hydrogen-bond donors (Lipinski definition) is 4. The van der Waals surface area contributed by atoms with Gasteiger partial charge in [0.2, 0.25) is 17.7 Å². The first-order valence-electron chi connectivity index (χ1n) is 16.4. The van der Waals surface area contributed by atoms with Crippen LogP contribution < -0.4 is 10.6 Å². The molecule has 0 radical (unpaired) electrons. The van der Waals surface area contributed by atoms with Crippen molar-refractivity contribution in [2.45, 2.75) is 109 Å². The summed E-state index contributed by atoms with van der Waals surface area (Å²) in [4.78, 5) is 46.7. The molecule has 5 atom stereocenters. The molecular formula is C35H52N4O5. The highest BCUT2D eigenvalue weighted by Crippen LogP contribution is 2.29. The minimum atomic E-state index is -1.15.